The van der Waals surface area contributed by atoms with Gasteiger partial charge in [-0.25, -0.2) is 0 Å². The lowest BCUT2D eigenvalue weighted by molar-refractivity contribution is -0.642. The number of hydrogen-bond acceptors (Lipinski definition) is 7. The van der Waals surface area contributed by atoms with E-state index >= 15 is 0 Å². The molecule has 1 aromatic heterocycles. The number of ether oxygens (including phenoxy) is 2. The Labute approximate surface area is 224 Å². The van der Waals surface area contributed by atoms with Crippen molar-refractivity contribution in [3.8, 4) is 11.5 Å². The average Bonchev–Trinajstić information content (AvgIpc) is 3.18. The Morgan fingerprint density at radius 3 is 2.00 bits per heavy atom. The molecule has 3 aromatic rings. The number of thiazole rings is 1. The summed E-state index contributed by atoms with van der Waals surface area (Å²) >= 11 is 9.91. The maximum Gasteiger partial charge on any atom is 0.262 e. The third-order valence-electron chi connectivity index (χ3n) is 5.24. The third-order valence-corrected chi connectivity index (χ3v) is 11.1. The molecule has 0 amide bonds. The van der Waals surface area contributed by atoms with Crippen LogP contribution in [0, 0.1) is 0 Å². The Kier molecular flexibility index (Phi) is 11.2. The van der Waals surface area contributed by atoms with Crippen molar-refractivity contribution in [3.63, 3.8) is 0 Å². The second kappa shape index (κ2) is 14.6. The van der Waals surface area contributed by atoms with Crippen molar-refractivity contribution in [3.05, 3.63) is 53.0 Å². The second-order valence-corrected chi connectivity index (χ2v) is 13.6. The SMILES string of the molecule is C[n+]1c(/C=C/c2ccc3c(c2)OCCSCCSCCSCCSCCO3)sc2ccccc21. The van der Waals surface area contributed by atoms with Crippen molar-refractivity contribution in [1.82, 2.24) is 0 Å². The first-order chi connectivity index (χ1) is 16.8. The van der Waals surface area contributed by atoms with Crippen LogP contribution < -0.4 is 14.0 Å². The summed E-state index contributed by atoms with van der Waals surface area (Å²) < 4.78 is 15.9. The fraction of sp³-hybridized carbons (Fsp3) is 0.423. The van der Waals surface area contributed by atoms with Gasteiger partial charge in [-0.05, 0) is 29.8 Å². The van der Waals surface area contributed by atoms with E-state index in [0.717, 1.165) is 28.6 Å². The zero-order valence-electron chi connectivity index (χ0n) is 19.6. The first-order valence-electron chi connectivity index (χ1n) is 11.6. The number of aromatic nitrogens is 1. The van der Waals surface area contributed by atoms with Gasteiger partial charge in [0.2, 0.25) is 5.52 Å². The standard InChI is InChI=1S/C26H32NO2S5/c1-27-22-4-2-3-5-25(22)34-26(27)9-7-21-6-8-23-24(20-21)29-11-13-31-15-17-33-19-18-32-16-14-30-12-10-28-23/h2-9,20H,10-19H2,1H3/q+1/b9-7+. The first-order valence-corrected chi connectivity index (χ1v) is 17.0. The van der Waals surface area contributed by atoms with Crippen LogP contribution in [-0.2, 0) is 7.05 Å². The van der Waals surface area contributed by atoms with Gasteiger partial charge >= 0.3 is 0 Å². The van der Waals surface area contributed by atoms with Gasteiger partial charge in [-0.3, -0.25) is 0 Å². The molecule has 0 atom stereocenters. The fourth-order valence-electron chi connectivity index (χ4n) is 3.48. The van der Waals surface area contributed by atoms with E-state index in [-0.39, 0.29) is 0 Å². The predicted molar refractivity (Wildman–Crippen MR) is 159 cm³/mol. The quantitative estimate of drug-likeness (QED) is 0.333. The van der Waals surface area contributed by atoms with Gasteiger partial charge in [0.25, 0.3) is 5.01 Å². The zero-order valence-corrected chi connectivity index (χ0v) is 23.7. The molecule has 1 aliphatic rings. The summed E-state index contributed by atoms with van der Waals surface area (Å²) in [6.07, 6.45) is 4.36. The maximum atomic E-state index is 6.20. The molecule has 0 unspecified atom stereocenters. The average molecular weight is 551 g/mol. The number of benzene rings is 2. The smallest absolute Gasteiger partial charge is 0.262 e. The van der Waals surface area contributed by atoms with Crippen molar-refractivity contribution in [2.24, 2.45) is 7.05 Å². The van der Waals surface area contributed by atoms with Crippen LogP contribution in [0.3, 0.4) is 0 Å². The highest BCUT2D eigenvalue weighted by Crippen LogP contribution is 2.30. The Bertz CT molecular complexity index is 1070. The molecule has 4 rings (SSSR count). The topological polar surface area (TPSA) is 22.3 Å². The Morgan fingerprint density at radius 2 is 1.32 bits per heavy atom. The molecule has 34 heavy (non-hydrogen) atoms. The van der Waals surface area contributed by atoms with Crippen LogP contribution in [0.25, 0.3) is 22.4 Å². The molecular formula is C26H32NO2S5+. The van der Waals surface area contributed by atoms with Gasteiger partial charge < -0.3 is 9.47 Å². The van der Waals surface area contributed by atoms with E-state index in [1.165, 1.54) is 49.7 Å². The van der Waals surface area contributed by atoms with Gasteiger partial charge in [0.15, 0.2) is 11.5 Å². The molecule has 2 aromatic carbocycles. The summed E-state index contributed by atoms with van der Waals surface area (Å²) in [6.45, 7) is 1.41. The van der Waals surface area contributed by atoms with E-state index in [0.29, 0.717) is 13.2 Å². The summed E-state index contributed by atoms with van der Waals surface area (Å²) in [7, 11) is 2.12. The molecule has 0 radical (unpaired) electrons. The van der Waals surface area contributed by atoms with Crippen molar-refractivity contribution in [2.75, 3.05) is 59.2 Å². The summed E-state index contributed by atoms with van der Waals surface area (Å²) in [6, 6.07) is 14.8. The lowest BCUT2D eigenvalue weighted by Crippen LogP contribution is -2.28. The predicted octanol–water partition coefficient (Wildman–Crippen LogP) is 6.60. The number of aryl methyl sites for hydroxylation is 1. The van der Waals surface area contributed by atoms with Gasteiger partial charge in [0, 0.05) is 58.2 Å². The monoisotopic (exact) mass is 550 g/mol. The lowest BCUT2D eigenvalue weighted by atomic mass is 10.2. The van der Waals surface area contributed by atoms with Crippen molar-refractivity contribution >= 4 is 80.8 Å². The van der Waals surface area contributed by atoms with Gasteiger partial charge in [0.05, 0.1) is 13.2 Å². The highest BCUT2D eigenvalue weighted by atomic mass is 32.2. The molecule has 0 fully saturated rings. The largest absolute Gasteiger partial charge is 0.489 e. The van der Waals surface area contributed by atoms with Crippen LogP contribution in [-0.4, -0.2) is 59.2 Å². The van der Waals surface area contributed by atoms with E-state index in [9.17, 15) is 0 Å². The number of thioether (sulfide) groups is 4. The van der Waals surface area contributed by atoms with E-state index in [1.54, 1.807) is 0 Å². The minimum Gasteiger partial charge on any atom is -0.489 e. The van der Waals surface area contributed by atoms with Crippen LogP contribution >= 0.6 is 58.4 Å². The van der Waals surface area contributed by atoms with Crippen molar-refractivity contribution in [1.29, 1.82) is 0 Å². The van der Waals surface area contributed by atoms with Crippen LogP contribution in [0.1, 0.15) is 10.6 Å². The molecule has 182 valence electrons. The number of hydrogen-bond donors (Lipinski definition) is 0. The van der Waals surface area contributed by atoms with Crippen LogP contribution in [0.5, 0.6) is 11.5 Å². The molecule has 0 saturated heterocycles. The van der Waals surface area contributed by atoms with Gasteiger partial charge in [-0.1, -0.05) is 29.5 Å². The Morgan fingerprint density at radius 1 is 0.706 bits per heavy atom. The van der Waals surface area contributed by atoms with Gasteiger partial charge in [0.1, 0.15) is 11.7 Å². The van der Waals surface area contributed by atoms with E-state index in [2.05, 4.69) is 89.8 Å². The van der Waals surface area contributed by atoms with Crippen molar-refractivity contribution in [2.45, 2.75) is 0 Å². The van der Waals surface area contributed by atoms with E-state index in [4.69, 9.17) is 9.47 Å². The number of rotatable bonds is 2. The number of fused-ring (bicyclic) bond motifs is 2. The molecule has 0 saturated carbocycles. The van der Waals surface area contributed by atoms with Gasteiger partial charge in [-0.2, -0.15) is 51.6 Å². The highest BCUT2D eigenvalue weighted by Gasteiger charge is 2.13. The summed E-state index contributed by atoms with van der Waals surface area (Å²) in [5, 5.41) is 1.22. The number of para-hydroxylation sites is 1. The van der Waals surface area contributed by atoms with E-state index < -0.39 is 0 Å². The Hall–Kier alpha value is -0.930. The summed E-state index contributed by atoms with van der Waals surface area (Å²) in [5.41, 5.74) is 2.38. The first kappa shape index (κ1) is 26.1. The van der Waals surface area contributed by atoms with Gasteiger partial charge in [-0.15, -0.1) is 0 Å². The van der Waals surface area contributed by atoms with E-state index in [1.807, 2.05) is 34.9 Å². The van der Waals surface area contributed by atoms with Crippen LogP contribution in [0.4, 0.5) is 0 Å². The molecule has 0 spiro atoms. The molecule has 8 heteroatoms. The third kappa shape index (κ3) is 8.05. The van der Waals surface area contributed by atoms with Crippen LogP contribution in [0.15, 0.2) is 42.5 Å². The number of nitrogens with zero attached hydrogens (tertiary/aromatic N) is 1. The summed E-state index contributed by atoms with van der Waals surface area (Å²) in [5.74, 6) is 11.1. The minimum atomic E-state index is 0.703. The molecular weight excluding hydrogens is 519 g/mol. The summed E-state index contributed by atoms with van der Waals surface area (Å²) in [4.78, 5) is 0. The lowest BCUT2D eigenvalue weighted by Gasteiger charge is -2.14. The fourth-order valence-corrected chi connectivity index (χ4v) is 8.58. The Balaban J connectivity index is 1.43. The van der Waals surface area contributed by atoms with Crippen molar-refractivity contribution < 1.29 is 14.0 Å². The zero-order chi connectivity index (χ0) is 23.4. The molecule has 0 N–H and O–H groups in total. The normalized spacial score (nSPS) is 17.4. The molecule has 2 heterocycles. The molecule has 0 aliphatic carbocycles. The molecule has 3 nitrogen and oxygen atoms in total. The maximum absolute atomic E-state index is 6.20. The highest BCUT2D eigenvalue weighted by molar-refractivity contribution is 8.05. The second-order valence-electron chi connectivity index (χ2n) is 7.65. The minimum absolute atomic E-state index is 0.703. The molecule has 1 aliphatic heterocycles. The molecule has 0 bridgehead atoms. The van der Waals surface area contributed by atoms with Crippen LogP contribution in [0.2, 0.25) is 0 Å².